The summed E-state index contributed by atoms with van der Waals surface area (Å²) in [4.78, 5) is 18.4. The van der Waals surface area contributed by atoms with Crippen LogP contribution >= 0.6 is 11.5 Å². The van der Waals surface area contributed by atoms with E-state index in [0.29, 0.717) is 43.3 Å². The molecule has 1 amide bonds. The van der Waals surface area contributed by atoms with E-state index in [9.17, 15) is 9.00 Å². The third-order valence-electron chi connectivity index (χ3n) is 4.79. The minimum atomic E-state index is -2.41. The zero-order valence-corrected chi connectivity index (χ0v) is 16.7. The third-order valence-corrected chi connectivity index (χ3v) is 7.80. The van der Waals surface area contributed by atoms with Crippen molar-refractivity contribution in [1.29, 1.82) is 0 Å². The minimum Gasteiger partial charge on any atom is -0.371 e. The topological polar surface area (TPSA) is 84.8 Å². The summed E-state index contributed by atoms with van der Waals surface area (Å²) in [6.07, 6.45) is 1.64. The van der Waals surface area contributed by atoms with Crippen LogP contribution in [0.3, 0.4) is 0 Å². The van der Waals surface area contributed by atoms with Gasteiger partial charge in [0.15, 0.2) is 0 Å². The van der Waals surface area contributed by atoms with Gasteiger partial charge in [-0.05, 0) is 12.8 Å². The first-order chi connectivity index (χ1) is 11.8. The Bertz CT molecular complexity index is 738. The molecule has 9 heteroatoms. The maximum atomic E-state index is 12.8. The van der Waals surface area contributed by atoms with Gasteiger partial charge in [0.2, 0.25) is 5.13 Å². The van der Waals surface area contributed by atoms with Gasteiger partial charge in [-0.3, -0.25) is 4.79 Å². The van der Waals surface area contributed by atoms with Gasteiger partial charge in [-0.15, -0.1) is 0 Å². The molecule has 0 N–H and O–H groups in total. The fourth-order valence-electron chi connectivity index (χ4n) is 3.16. The van der Waals surface area contributed by atoms with Crippen LogP contribution in [0, 0.1) is 0 Å². The van der Waals surface area contributed by atoms with E-state index in [2.05, 4.69) is 32.5 Å². The maximum Gasteiger partial charge on any atom is 0.253 e. The summed E-state index contributed by atoms with van der Waals surface area (Å²) in [6.45, 7) is 8.08. The molecule has 7 nitrogen and oxygen atoms in total. The summed E-state index contributed by atoms with van der Waals surface area (Å²) in [7, 11) is -2.41. The standard InChI is InChI=1S/C16H26N4O3S2/c1-4-13(21)19-25(22)9-5-16(6-10-25)11-20(7-8-23-16)15-17-14(12(2)3)18-24-15/h12H,4-11H2,1-3H3. The Hall–Kier alpha value is -1.06. The lowest BCUT2D eigenvalue weighted by Gasteiger charge is -2.45. The molecule has 1 aromatic heterocycles. The predicted molar refractivity (Wildman–Crippen MR) is 99.7 cm³/mol. The summed E-state index contributed by atoms with van der Waals surface area (Å²) >= 11 is 1.43. The zero-order valence-electron chi connectivity index (χ0n) is 15.1. The number of carbonyl (C=O) groups is 1. The predicted octanol–water partition coefficient (Wildman–Crippen LogP) is 2.44. The normalized spacial score (nSPS) is 30.0. The molecule has 0 unspecified atom stereocenters. The molecule has 1 aromatic rings. The molecular formula is C16H26N4O3S2. The van der Waals surface area contributed by atoms with Crippen LogP contribution in [-0.2, 0) is 19.3 Å². The van der Waals surface area contributed by atoms with Gasteiger partial charge in [-0.2, -0.15) is 8.74 Å². The first-order valence-corrected chi connectivity index (χ1v) is 11.5. The number of amides is 1. The molecular weight excluding hydrogens is 360 g/mol. The molecule has 0 aromatic carbocycles. The number of carbonyl (C=O) groups excluding carboxylic acids is 1. The van der Waals surface area contributed by atoms with Crippen LogP contribution in [0.25, 0.3) is 0 Å². The van der Waals surface area contributed by atoms with E-state index in [1.807, 2.05) is 0 Å². The van der Waals surface area contributed by atoms with Crippen molar-refractivity contribution in [2.45, 2.75) is 51.6 Å². The Morgan fingerprint density at radius 3 is 2.76 bits per heavy atom. The molecule has 2 aliphatic rings. The van der Waals surface area contributed by atoms with Crippen LogP contribution in [0.15, 0.2) is 4.36 Å². The third kappa shape index (κ3) is 4.20. The quantitative estimate of drug-likeness (QED) is 0.793. The summed E-state index contributed by atoms with van der Waals surface area (Å²) in [5, 5.41) is 0.934. The van der Waals surface area contributed by atoms with Crippen molar-refractivity contribution in [2.75, 3.05) is 36.1 Å². The summed E-state index contributed by atoms with van der Waals surface area (Å²) in [5.74, 6) is 1.79. The van der Waals surface area contributed by atoms with Gasteiger partial charge in [0.1, 0.15) is 5.82 Å². The van der Waals surface area contributed by atoms with E-state index < -0.39 is 9.73 Å². The molecule has 25 heavy (non-hydrogen) atoms. The van der Waals surface area contributed by atoms with Crippen LogP contribution in [0.2, 0.25) is 0 Å². The van der Waals surface area contributed by atoms with Gasteiger partial charge in [0.05, 0.1) is 21.9 Å². The summed E-state index contributed by atoms with van der Waals surface area (Å²) < 4.78 is 27.3. The second-order valence-electron chi connectivity index (χ2n) is 7.06. The molecule has 140 valence electrons. The Morgan fingerprint density at radius 1 is 1.44 bits per heavy atom. The first kappa shape index (κ1) is 18.7. The van der Waals surface area contributed by atoms with Crippen molar-refractivity contribution in [3.05, 3.63) is 5.82 Å². The number of hydrogen-bond donors (Lipinski definition) is 0. The molecule has 0 radical (unpaired) electrons. The molecule has 0 bridgehead atoms. The maximum absolute atomic E-state index is 12.8. The SMILES string of the molecule is CCC(=O)N=S1(=O)CCC2(CC1)CN(c1nc(C(C)C)ns1)CCO2. The van der Waals surface area contributed by atoms with Crippen molar-refractivity contribution >= 4 is 32.3 Å². The lowest BCUT2D eigenvalue weighted by atomic mass is 9.94. The highest BCUT2D eigenvalue weighted by Crippen LogP contribution is 2.34. The summed E-state index contributed by atoms with van der Waals surface area (Å²) in [5.41, 5.74) is -0.312. The van der Waals surface area contributed by atoms with Crippen LogP contribution < -0.4 is 4.90 Å². The van der Waals surface area contributed by atoms with Gasteiger partial charge >= 0.3 is 0 Å². The Balaban J connectivity index is 1.70. The average Bonchev–Trinajstić information content (AvgIpc) is 3.09. The molecule has 0 atom stereocenters. The van der Waals surface area contributed by atoms with E-state index in [4.69, 9.17) is 4.74 Å². The Kier molecular flexibility index (Phi) is 5.45. The highest BCUT2D eigenvalue weighted by atomic mass is 32.2. The number of anilines is 1. The molecule has 3 rings (SSSR count). The molecule has 0 saturated carbocycles. The highest BCUT2D eigenvalue weighted by molar-refractivity contribution is 7.93. The molecule has 3 heterocycles. The van der Waals surface area contributed by atoms with Crippen molar-refractivity contribution in [2.24, 2.45) is 4.36 Å². The highest BCUT2D eigenvalue weighted by Gasteiger charge is 2.42. The van der Waals surface area contributed by atoms with Crippen molar-refractivity contribution in [1.82, 2.24) is 9.36 Å². The first-order valence-electron chi connectivity index (χ1n) is 8.83. The molecule has 2 fully saturated rings. The second-order valence-corrected chi connectivity index (χ2v) is 10.3. The number of rotatable bonds is 3. The van der Waals surface area contributed by atoms with Gasteiger partial charge in [0.25, 0.3) is 5.91 Å². The molecule has 1 spiro atoms. The van der Waals surface area contributed by atoms with Gasteiger partial charge in [0, 0.05) is 48.5 Å². The Labute approximate surface area is 153 Å². The molecule has 2 aliphatic heterocycles. The van der Waals surface area contributed by atoms with Crippen LogP contribution in [0.1, 0.15) is 51.8 Å². The average molecular weight is 387 g/mol. The number of aromatic nitrogens is 2. The Morgan fingerprint density at radius 2 is 2.16 bits per heavy atom. The van der Waals surface area contributed by atoms with Crippen LogP contribution in [-0.4, -0.2) is 56.3 Å². The number of hydrogen-bond acceptors (Lipinski definition) is 7. The lowest BCUT2D eigenvalue weighted by molar-refractivity contribution is -0.117. The lowest BCUT2D eigenvalue weighted by Crippen LogP contribution is -2.55. The molecule has 0 aliphatic carbocycles. The van der Waals surface area contributed by atoms with Gasteiger partial charge in [-0.25, -0.2) is 9.19 Å². The van der Waals surface area contributed by atoms with Crippen molar-refractivity contribution < 1.29 is 13.7 Å². The zero-order chi connectivity index (χ0) is 18.1. The van der Waals surface area contributed by atoms with Crippen LogP contribution in [0.4, 0.5) is 5.13 Å². The van der Waals surface area contributed by atoms with Crippen LogP contribution in [0.5, 0.6) is 0 Å². The minimum absolute atomic E-state index is 0.262. The van der Waals surface area contributed by atoms with E-state index in [1.165, 1.54) is 11.5 Å². The van der Waals surface area contributed by atoms with E-state index in [0.717, 1.165) is 24.0 Å². The van der Waals surface area contributed by atoms with E-state index in [1.54, 1.807) is 6.92 Å². The molecule has 2 saturated heterocycles. The number of ether oxygens (including phenoxy) is 1. The van der Waals surface area contributed by atoms with Crippen molar-refractivity contribution in [3.63, 3.8) is 0 Å². The number of morpholine rings is 1. The fourth-order valence-corrected chi connectivity index (χ4v) is 6.26. The summed E-state index contributed by atoms with van der Waals surface area (Å²) in [6, 6.07) is 0. The monoisotopic (exact) mass is 386 g/mol. The largest absolute Gasteiger partial charge is 0.371 e. The van der Waals surface area contributed by atoms with E-state index >= 15 is 0 Å². The second kappa shape index (κ2) is 7.28. The van der Waals surface area contributed by atoms with Gasteiger partial charge in [-0.1, -0.05) is 20.8 Å². The van der Waals surface area contributed by atoms with Crippen molar-refractivity contribution in [3.8, 4) is 0 Å². The van der Waals surface area contributed by atoms with Gasteiger partial charge < -0.3 is 9.64 Å². The van der Waals surface area contributed by atoms with E-state index in [-0.39, 0.29) is 11.5 Å². The smallest absolute Gasteiger partial charge is 0.253 e. The number of nitrogens with zero attached hydrogens (tertiary/aromatic N) is 4. The fraction of sp³-hybridized carbons (Fsp3) is 0.812.